The van der Waals surface area contributed by atoms with E-state index in [1.807, 2.05) is 41.0 Å². The molecule has 0 N–H and O–H groups in total. The Hall–Kier alpha value is -1.57. The Morgan fingerprint density at radius 3 is 2.74 bits per heavy atom. The second-order valence-corrected chi connectivity index (χ2v) is 4.21. The Bertz CT molecular complexity index is 720. The molecule has 1 radical (unpaired) electrons. The van der Waals surface area contributed by atoms with Gasteiger partial charge in [0.2, 0.25) is 0 Å². The molecule has 1 aromatic heterocycles. The van der Waals surface area contributed by atoms with E-state index in [4.69, 9.17) is 0 Å². The second-order valence-electron chi connectivity index (χ2n) is 4.21. The number of hydrogen-bond donors (Lipinski definition) is 0. The van der Waals surface area contributed by atoms with Crippen molar-refractivity contribution < 1.29 is 29.1 Å². The smallest absolute Gasteiger partial charge is 0.150 e. The molecule has 1 nitrogen and oxygen atoms in total. The van der Waals surface area contributed by atoms with Crippen molar-refractivity contribution in [3.8, 4) is 5.69 Å². The summed E-state index contributed by atoms with van der Waals surface area (Å²) in [5, 5.41) is 1.12. The van der Waals surface area contributed by atoms with Crippen molar-refractivity contribution in [2.45, 2.75) is 6.92 Å². The summed E-state index contributed by atoms with van der Waals surface area (Å²) in [4.78, 5) is 0. The molecule has 19 heavy (non-hydrogen) atoms. The zero-order valence-electron chi connectivity index (χ0n) is 10.3. The molecule has 0 unspecified atom stereocenters. The molecule has 3 heteroatoms. The number of benzene rings is 2. The number of hydrogen-bond acceptors (Lipinski definition) is 0. The number of pyridine rings is 1. The van der Waals surface area contributed by atoms with Gasteiger partial charge < -0.3 is 4.57 Å². The van der Waals surface area contributed by atoms with Gasteiger partial charge >= 0.3 is 0 Å². The molecule has 0 saturated carbocycles. The quantitative estimate of drug-likeness (QED) is 0.414. The molecule has 0 aliphatic carbocycles. The van der Waals surface area contributed by atoms with Crippen LogP contribution in [0.3, 0.4) is 0 Å². The Labute approximate surface area is 125 Å². The molecule has 0 fully saturated rings. The number of para-hydroxylation sites is 1. The molecule has 3 aromatic rings. The van der Waals surface area contributed by atoms with E-state index >= 15 is 0 Å². The van der Waals surface area contributed by atoms with Crippen LogP contribution in [0.4, 0.5) is 4.39 Å². The van der Waals surface area contributed by atoms with Crippen LogP contribution in [0.15, 0.2) is 48.5 Å². The summed E-state index contributed by atoms with van der Waals surface area (Å²) in [5.74, 6) is -0.236. The first-order chi connectivity index (χ1) is 8.75. The fraction of sp³-hybridized carbons (Fsp3) is 0.0625. The summed E-state index contributed by atoms with van der Waals surface area (Å²) in [6.45, 7) is 1.75. The van der Waals surface area contributed by atoms with E-state index in [1.54, 1.807) is 13.0 Å². The summed E-state index contributed by atoms with van der Waals surface area (Å²) >= 11 is 0. The van der Waals surface area contributed by atoms with Gasteiger partial charge in [-0.2, -0.15) is 6.07 Å². The van der Waals surface area contributed by atoms with Gasteiger partial charge in [0, 0.05) is 31.6 Å². The van der Waals surface area contributed by atoms with Crippen molar-refractivity contribution in [2.75, 3.05) is 0 Å². The number of nitrogens with zero attached hydrogens (tertiary/aromatic N) is 1. The Kier molecular flexibility index (Phi) is 4.08. The molecular weight excluding hydrogens is 417 g/mol. The molecule has 0 saturated heterocycles. The van der Waals surface area contributed by atoms with Crippen molar-refractivity contribution in [3.05, 3.63) is 72.2 Å². The van der Waals surface area contributed by atoms with Gasteiger partial charge in [0.15, 0.2) is 6.20 Å². The molecule has 0 aliphatic rings. The van der Waals surface area contributed by atoms with Crippen LogP contribution in [0.25, 0.3) is 16.6 Å². The Balaban J connectivity index is 0.00000133. The minimum absolute atomic E-state index is 0. The predicted octanol–water partition coefficient (Wildman–Crippen LogP) is 3.16. The monoisotopic (exact) mass is 429 g/mol. The van der Waals surface area contributed by atoms with E-state index in [1.165, 1.54) is 6.07 Å². The van der Waals surface area contributed by atoms with Crippen molar-refractivity contribution in [2.24, 2.45) is 0 Å². The van der Waals surface area contributed by atoms with E-state index in [-0.39, 0.29) is 25.9 Å². The zero-order chi connectivity index (χ0) is 12.5. The SMILES string of the molecule is Cc1cc(-[n+]2[c-]ccc3ccccc32)[c-]cc1F.[Ir]. The topological polar surface area (TPSA) is 3.88 Å². The fourth-order valence-corrected chi connectivity index (χ4v) is 2.00. The summed E-state index contributed by atoms with van der Waals surface area (Å²) in [5.41, 5.74) is 2.44. The average molecular weight is 428 g/mol. The van der Waals surface area contributed by atoms with Gasteiger partial charge in [0.05, 0.1) is 0 Å². The summed E-state index contributed by atoms with van der Waals surface area (Å²) in [6, 6.07) is 18.0. The number of aryl methyl sites for hydroxylation is 1. The van der Waals surface area contributed by atoms with Crippen LogP contribution in [0.2, 0.25) is 0 Å². The minimum Gasteiger partial charge on any atom is -0.300 e. The minimum atomic E-state index is -0.236. The fourth-order valence-electron chi connectivity index (χ4n) is 2.00. The Morgan fingerprint density at radius 2 is 1.95 bits per heavy atom. The largest absolute Gasteiger partial charge is 0.300 e. The number of aromatic nitrogens is 1. The third-order valence-electron chi connectivity index (χ3n) is 2.96. The van der Waals surface area contributed by atoms with E-state index in [9.17, 15) is 4.39 Å². The average Bonchev–Trinajstić information content (AvgIpc) is 2.41. The van der Waals surface area contributed by atoms with Gasteiger partial charge in [0.1, 0.15) is 5.52 Å². The van der Waals surface area contributed by atoms with Crippen molar-refractivity contribution in [1.82, 2.24) is 0 Å². The molecule has 0 spiro atoms. The van der Waals surface area contributed by atoms with Gasteiger partial charge in [-0.3, -0.25) is 4.39 Å². The number of rotatable bonds is 1. The van der Waals surface area contributed by atoms with Crippen LogP contribution in [0.5, 0.6) is 0 Å². The van der Waals surface area contributed by atoms with Crippen LogP contribution in [-0.2, 0) is 20.1 Å². The van der Waals surface area contributed by atoms with Crippen molar-refractivity contribution in [3.63, 3.8) is 0 Å². The van der Waals surface area contributed by atoms with Crippen molar-refractivity contribution in [1.29, 1.82) is 0 Å². The summed E-state index contributed by atoms with van der Waals surface area (Å²) < 4.78 is 15.2. The molecule has 97 valence electrons. The standard InChI is InChI=1S/C16H11FN.Ir/c1-12-11-14(8-9-15(12)17)18-10-4-6-13-5-2-3-7-16(13)18;/h2-7,9,11H,1H3;/q-1;. The van der Waals surface area contributed by atoms with Crippen LogP contribution in [0.1, 0.15) is 5.56 Å². The van der Waals surface area contributed by atoms with Crippen LogP contribution in [0, 0.1) is 25.0 Å². The maximum absolute atomic E-state index is 13.3. The molecular formula is C16H11FIrN-. The van der Waals surface area contributed by atoms with Gasteiger partial charge in [-0.05, 0) is 11.5 Å². The molecule has 0 aliphatic heterocycles. The van der Waals surface area contributed by atoms with Gasteiger partial charge in [-0.1, -0.05) is 31.2 Å². The van der Waals surface area contributed by atoms with Crippen molar-refractivity contribution >= 4 is 10.9 Å². The number of halogens is 1. The van der Waals surface area contributed by atoms with E-state index in [0.29, 0.717) is 5.56 Å². The van der Waals surface area contributed by atoms with Gasteiger partial charge in [-0.25, -0.2) is 0 Å². The first-order valence-corrected chi connectivity index (χ1v) is 5.75. The predicted molar refractivity (Wildman–Crippen MR) is 67.8 cm³/mol. The maximum atomic E-state index is 13.3. The first-order valence-electron chi connectivity index (χ1n) is 5.75. The van der Waals surface area contributed by atoms with Crippen LogP contribution < -0.4 is 4.57 Å². The third kappa shape index (κ3) is 2.58. The maximum Gasteiger partial charge on any atom is 0.150 e. The normalized spacial score (nSPS) is 10.2. The molecule has 1 heterocycles. The first kappa shape index (κ1) is 13.9. The molecule has 0 atom stereocenters. The summed E-state index contributed by atoms with van der Waals surface area (Å²) in [7, 11) is 0. The summed E-state index contributed by atoms with van der Waals surface area (Å²) in [6.07, 6.45) is 3.14. The van der Waals surface area contributed by atoms with E-state index in [0.717, 1.165) is 16.6 Å². The van der Waals surface area contributed by atoms with Gasteiger partial charge in [0.25, 0.3) is 0 Å². The molecule has 0 bridgehead atoms. The Morgan fingerprint density at radius 1 is 1.16 bits per heavy atom. The van der Waals surface area contributed by atoms with Crippen LogP contribution in [-0.4, -0.2) is 0 Å². The zero-order valence-corrected chi connectivity index (χ0v) is 12.7. The number of fused-ring (bicyclic) bond motifs is 1. The van der Waals surface area contributed by atoms with Crippen LogP contribution >= 0.6 is 0 Å². The molecule has 3 rings (SSSR count). The second kappa shape index (κ2) is 5.60. The molecule has 0 amide bonds. The molecule has 2 aromatic carbocycles. The third-order valence-corrected chi connectivity index (χ3v) is 2.96. The van der Waals surface area contributed by atoms with E-state index < -0.39 is 0 Å². The van der Waals surface area contributed by atoms with Gasteiger partial charge in [-0.15, -0.1) is 23.8 Å². The van der Waals surface area contributed by atoms with E-state index in [2.05, 4.69) is 12.3 Å².